The zero-order chi connectivity index (χ0) is 9.26. The van der Waals surface area contributed by atoms with E-state index in [1.807, 2.05) is 0 Å². The van der Waals surface area contributed by atoms with Crippen LogP contribution in [0.25, 0.3) is 4.91 Å². The fraction of sp³-hybridized carbons (Fsp3) is 0.0909. The van der Waals surface area contributed by atoms with Gasteiger partial charge in [-0.15, -0.1) is 0 Å². The van der Waals surface area contributed by atoms with Crippen molar-refractivity contribution in [2.75, 3.05) is 0 Å². The highest BCUT2D eigenvalue weighted by Crippen LogP contribution is 2.48. The Bertz CT molecular complexity index is 360. The van der Waals surface area contributed by atoms with Gasteiger partial charge in [0.05, 0.1) is 0 Å². The maximum Gasteiger partial charge on any atom is 0.0269 e. The second-order valence-corrected chi connectivity index (χ2v) is 5.31. The lowest BCUT2D eigenvalue weighted by Crippen LogP contribution is -1.77. The normalized spacial score (nSPS) is 16.1. The maximum atomic E-state index is 3.91. The van der Waals surface area contributed by atoms with Crippen LogP contribution in [-0.4, -0.2) is 0 Å². The molecule has 66 valence electrons. The summed E-state index contributed by atoms with van der Waals surface area (Å²) < 4.78 is 0. The molecule has 0 unspecified atom stereocenters. The Balaban J connectivity index is 2.31. The van der Waals surface area contributed by atoms with Crippen LogP contribution in [0.2, 0.25) is 0 Å². The zero-order valence-corrected chi connectivity index (χ0v) is 9.04. The topological polar surface area (TPSA) is 0 Å². The van der Waals surface area contributed by atoms with Gasteiger partial charge in [0, 0.05) is 9.81 Å². The second-order valence-electron chi connectivity index (χ2n) is 3.01. The van der Waals surface area contributed by atoms with E-state index in [0.717, 1.165) is 4.91 Å². The van der Waals surface area contributed by atoms with Gasteiger partial charge in [-0.1, -0.05) is 58.0 Å². The third-order valence-corrected chi connectivity index (χ3v) is 4.25. The lowest BCUT2D eigenvalue weighted by atomic mass is 10.1. The van der Waals surface area contributed by atoms with Gasteiger partial charge >= 0.3 is 0 Å². The standard InChI is InChI=1S/C11H10S2/c1-8-3-5-10(6-4-8)11-7-9(2)12-13-11/h3-7H,2H2,1H3. The molecule has 0 aromatic heterocycles. The van der Waals surface area contributed by atoms with Crippen molar-refractivity contribution >= 4 is 26.5 Å². The molecule has 0 nitrogen and oxygen atoms in total. The van der Waals surface area contributed by atoms with Crippen molar-refractivity contribution in [3.63, 3.8) is 0 Å². The predicted molar refractivity (Wildman–Crippen MR) is 63.5 cm³/mol. The van der Waals surface area contributed by atoms with Gasteiger partial charge in [0.1, 0.15) is 0 Å². The van der Waals surface area contributed by atoms with E-state index in [1.54, 1.807) is 21.6 Å². The first-order valence-electron chi connectivity index (χ1n) is 4.08. The van der Waals surface area contributed by atoms with Gasteiger partial charge in [0.2, 0.25) is 0 Å². The van der Waals surface area contributed by atoms with Crippen molar-refractivity contribution in [3.05, 3.63) is 53.0 Å². The van der Waals surface area contributed by atoms with Crippen LogP contribution in [0, 0.1) is 6.92 Å². The first-order valence-corrected chi connectivity index (χ1v) is 6.23. The molecule has 0 saturated carbocycles. The quantitative estimate of drug-likeness (QED) is 0.630. The summed E-state index contributed by atoms with van der Waals surface area (Å²) in [6.07, 6.45) is 2.14. The molecule has 0 atom stereocenters. The summed E-state index contributed by atoms with van der Waals surface area (Å²) in [7, 11) is 3.52. The summed E-state index contributed by atoms with van der Waals surface area (Å²) >= 11 is 0. The Kier molecular flexibility index (Phi) is 2.51. The minimum Gasteiger partial charge on any atom is -0.0844 e. The summed E-state index contributed by atoms with van der Waals surface area (Å²) in [5.74, 6) is 0. The van der Waals surface area contributed by atoms with E-state index in [4.69, 9.17) is 0 Å². The number of aryl methyl sites for hydroxylation is 1. The summed E-state index contributed by atoms with van der Waals surface area (Å²) in [5, 5.41) is 0. The van der Waals surface area contributed by atoms with Crippen LogP contribution in [-0.2, 0) is 0 Å². The molecule has 1 heterocycles. The number of allylic oxidation sites excluding steroid dienone is 1. The lowest BCUT2D eigenvalue weighted by Gasteiger charge is -1.99. The third kappa shape index (κ3) is 2.01. The van der Waals surface area contributed by atoms with Crippen molar-refractivity contribution in [2.45, 2.75) is 6.92 Å². The Morgan fingerprint density at radius 3 is 2.31 bits per heavy atom. The van der Waals surface area contributed by atoms with Crippen LogP contribution in [0.4, 0.5) is 0 Å². The molecule has 0 saturated heterocycles. The molecule has 1 aromatic rings. The number of hydrogen-bond donors (Lipinski definition) is 0. The highest BCUT2D eigenvalue weighted by molar-refractivity contribution is 8.82. The zero-order valence-electron chi connectivity index (χ0n) is 7.41. The monoisotopic (exact) mass is 206 g/mol. The van der Waals surface area contributed by atoms with Crippen LogP contribution in [0.15, 0.2) is 41.8 Å². The van der Waals surface area contributed by atoms with Crippen LogP contribution >= 0.6 is 21.6 Å². The molecule has 0 bridgehead atoms. The van der Waals surface area contributed by atoms with Crippen molar-refractivity contribution < 1.29 is 0 Å². The Morgan fingerprint density at radius 2 is 1.77 bits per heavy atom. The van der Waals surface area contributed by atoms with Gasteiger partial charge in [0.15, 0.2) is 0 Å². The summed E-state index contributed by atoms with van der Waals surface area (Å²) in [6.45, 7) is 6.02. The molecule has 2 rings (SSSR count). The van der Waals surface area contributed by atoms with Crippen LogP contribution in [0.3, 0.4) is 0 Å². The van der Waals surface area contributed by atoms with Crippen molar-refractivity contribution in [3.8, 4) is 0 Å². The van der Waals surface area contributed by atoms with Crippen LogP contribution < -0.4 is 0 Å². The first kappa shape index (κ1) is 8.97. The van der Waals surface area contributed by atoms with Gasteiger partial charge < -0.3 is 0 Å². The highest BCUT2D eigenvalue weighted by atomic mass is 33.1. The molecule has 0 N–H and O–H groups in total. The van der Waals surface area contributed by atoms with Gasteiger partial charge in [-0.2, -0.15) is 0 Å². The number of rotatable bonds is 1. The van der Waals surface area contributed by atoms with Gasteiger partial charge in [-0.3, -0.25) is 0 Å². The number of benzene rings is 1. The average molecular weight is 206 g/mol. The van der Waals surface area contributed by atoms with Gasteiger partial charge in [-0.05, 0) is 18.6 Å². The summed E-state index contributed by atoms with van der Waals surface area (Å²) in [4.78, 5) is 2.45. The predicted octanol–water partition coefficient (Wildman–Crippen LogP) is 4.24. The first-order chi connectivity index (χ1) is 6.25. The largest absolute Gasteiger partial charge is 0.0844 e. The van der Waals surface area contributed by atoms with Crippen LogP contribution in [0.1, 0.15) is 11.1 Å². The molecule has 2 heteroatoms. The van der Waals surface area contributed by atoms with Crippen LogP contribution in [0.5, 0.6) is 0 Å². The van der Waals surface area contributed by atoms with E-state index in [-0.39, 0.29) is 0 Å². The van der Waals surface area contributed by atoms with Crippen molar-refractivity contribution in [1.29, 1.82) is 0 Å². The molecule has 1 aliphatic rings. The minimum atomic E-state index is 1.14. The molecule has 1 aromatic carbocycles. The van der Waals surface area contributed by atoms with Crippen molar-refractivity contribution in [1.82, 2.24) is 0 Å². The van der Waals surface area contributed by atoms with E-state index >= 15 is 0 Å². The summed E-state index contributed by atoms with van der Waals surface area (Å²) in [5.41, 5.74) is 2.60. The van der Waals surface area contributed by atoms with Crippen molar-refractivity contribution in [2.24, 2.45) is 0 Å². The van der Waals surface area contributed by atoms with E-state index < -0.39 is 0 Å². The van der Waals surface area contributed by atoms with E-state index in [0.29, 0.717) is 0 Å². The van der Waals surface area contributed by atoms with E-state index in [1.165, 1.54) is 16.0 Å². The third-order valence-electron chi connectivity index (χ3n) is 1.87. The van der Waals surface area contributed by atoms with Gasteiger partial charge in [0.25, 0.3) is 0 Å². The molecule has 13 heavy (non-hydrogen) atoms. The molecular weight excluding hydrogens is 196 g/mol. The Morgan fingerprint density at radius 1 is 1.08 bits per heavy atom. The fourth-order valence-electron chi connectivity index (χ4n) is 1.14. The SMILES string of the molecule is C=C1C=C(c2ccc(C)cc2)SS1. The summed E-state index contributed by atoms with van der Waals surface area (Å²) in [6, 6.07) is 8.60. The molecule has 0 amide bonds. The van der Waals surface area contributed by atoms with E-state index in [9.17, 15) is 0 Å². The maximum absolute atomic E-state index is 3.91. The molecule has 0 fully saturated rings. The smallest absolute Gasteiger partial charge is 0.0269 e. The Hall–Kier alpha value is -0.600. The Labute approximate surface area is 86.5 Å². The minimum absolute atomic E-state index is 1.14. The fourth-order valence-corrected chi connectivity index (χ4v) is 3.17. The lowest BCUT2D eigenvalue weighted by molar-refractivity contribution is 1.46. The second kappa shape index (κ2) is 3.64. The molecule has 0 aliphatic carbocycles. The van der Waals surface area contributed by atoms with E-state index in [2.05, 4.69) is 43.8 Å². The average Bonchev–Trinajstić information content (AvgIpc) is 2.53. The number of hydrogen-bond acceptors (Lipinski definition) is 2. The van der Waals surface area contributed by atoms with Gasteiger partial charge in [-0.25, -0.2) is 0 Å². The molecule has 0 radical (unpaired) electrons. The molecule has 0 spiro atoms. The molecule has 1 aliphatic heterocycles. The highest BCUT2D eigenvalue weighted by Gasteiger charge is 2.10. The molecular formula is C11H10S2.